The summed E-state index contributed by atoms with van der Waals surface area (Å²) in [6.07, 6.45) is 0. The van der Waals surface area contributed by atoms with Gasteiger partial charge in [-0.05, 0) is 6.92 Å². The number of nitrogens with one attached hydrogen (secondary N) is 1. The fourth-order valence-corrected chi connectivity index (χ4v) is 1.18. The number of carbonyl (C=O) groups excluding carboxylic acids is 1. The third-order valence-corrected chi connectivity index (χ3v) is 1.89. The van der Waals surface area contributed by atoms with Gasteiger partial charge in [-0.15, -0.1) is 0 Å². The Hall–Kier alpha value is -2.17. The van der Waals surface area contributed by atoms with Crippen molar-refractivity contribution in [2.24, 2.45) is 10.9 Å². The molecule has 0 saturated carbocycles. The molecule has 0 spiro atoms. The highest BCUT2D eigenvalue weighted by Crippen LogP contribution is 2.02. The van der Waals surface area contributed by atoms with Crippen molar-refractivity contribution in [1.29, 1.82) is 5.41 Å². The van der Waals surface area contributed by atoms with Crippen molar-refractivity contribution in [3.63, 3.8) is 0 Å². The molecule has 0 bridgehead atoms. The molecule has 0 amide bonds. The number of hydrogen-bond donors (Lipinski definition) is 2. The highest BCUT2D eigenvalue weighted by Gasteiger charge is 2.18. The van der Waals surface area contributed by atoms with E-state index >= 15 is 0 Å². The normalized spacial score (nSPS) is 10.9. The standard InChI is InChI=1S/C11H13N3O2/c1-2-16-11(15)9(12)10(14-13)8-6-4-3-5-7-8/h3-7,12H,2,13H2,1H3/b12-9?,14-10-. The van der Waals surface area contributed by atoms with Crippen molar-refractivity contribution < 1.29 is 9.53 Å². The first-order chi connectivity index (χ1) is 7.70. The van der Waals surface area contributed by atoms with Gasteiger partial charge in [0.15, 0.2) is 5.71 Å². The average Bonchev–Trinajstić information content (AvgIpc) is 2.31. The second-order valence-corrected chi connectivity index (χ2v) is 2.94. The number of hydrogen-bond acceptors (Lipinski definition) is 5. The van der Waals surface area contributed by atoms with Crippen LogP contribution in [0.15, 0.2) is 35.4 Å². The topological polar surface area (TPSA) is 88.5 Å². The Bertz CT molecular complexity index is 412. The minimum atomic E-state index is -0.726. The van der Waals surface area contributed by atoms with Crippen molar-refractivity contribution >= 4 is 17.4 Å². The quantitative estimate of drug-likeness (QED) is 0.342. The molecule has 0 aliphatic carbocycles. The highest BCUT2D eigenvalue weighted by atomic mass is 16.5. The Morgan fingerprint density at radius 1 is 1.44 bits per heavy atom. The zero-order valence-corrected chi connectivity index (χ0v) is 8.93. The lowest BCUT2D eigenvalue weighted by atomic mass is 10.1. The van der Waals surface area contributed by atoms with Crippen LogP contribution in [0.1, 0.15) is 12.5 Å². The van der Waals surface area contributed by atoms with Crippen molar-refractivity contribution in [2.75, 3.05) is 6.61 Å². The van der Waals surface area contributed by atoms with E-state index in [-0.39, 0.29) is 18.0 Å². The van der Waals surface area contributed by atoms with Gasteiger partial charge in [-0.25, -0.2) is 4.79 Å². The minimum absolute atomic E-state index is 0.124. The number of esters is 1. The molecule has 0 fully saturated rings. The molecule has 0 radical (unpaired) electrons. The Morgan fingerprint density at radius 2 is 2.06 bits per heavy atom. The number of rotatable bonds is 4. The third-order valence-electron chi connectivity index (χ3n) is 1.89. The maximum absolute atomic E-state index is 11.3. The summed E-state index contributed by atoms with van der Waals surface area (Å²) in [6.45, 7) is 1.89. The van der Waals surface area contributed by atoms with E-state index in [1.54, 1.807) is 31.2 Å². The van der Waals surface area contributed by atoms with Gasteiger partial charge in [-0.1, -0.05) is 30.3 Å². The van der Waals surface area contributed by atoms with Crippen molar-refractivity contribution in [3.8, 4) is 0 Å². The van der Waals surface area contributed by atoms with Crippen LogP contribution in [0.2, 0.25) is 0 Å². The molecule has 1 rings (SSSR count). The summed E-state index contributed by atoms with van der Waals surface area (Å²) < 4.78 is 4.71. The van der Waals surface area contributed by atoms with Crippen LogP contribution in [0.4, 0.5) is 0 Å². The van der Waals surface area contributed by atoms with E-state index in [9.17, 15) is 4.79 Å². The molecule has 5 heteroatoms. The molecule has 0 heterocycles. The van der Waals surface area contributed by atoms with Gasteiger partial charge in [0.25, 0.3) is 0 Å². The van der Waals surface area contributed by atoms with Crippen LogP contribution < -0.4 is 5.84 Å². The number of hydrazone groups is 1. The van der Waals surface area contributed by atoms with Gasteiger partial charge in [0.1, 0.15) is 5.71 Å². The maximum Gasteiger partial charge on any atom is 0.358 e. The molecule has 84 valence electrons. The third kappa shape index (κ3) is 2.66. The Labute approximate surface area is 93.4 Å². The van der Waals surface area contributed by atoms with Gasteiger partial charge in [0, 0.05) is 5.56 Å². The van der Waals surface area contributed by atoms with Gasteiger partial charge in [0.05, 0.1) is 6.61 Å². The van der Waals surface area contributed by atoms with E-state index in [0.29, 0.717) is 5.56 Å². The number of carbonyl (C=O) groups is 1. The lowest BCUT2D eigenvalue weighted by Crippen LogP contribution is -2.27. The van der Waals surface area contributed by atoms with Gasteiger partial charge in [-0.2, -0.15) is 5.10 Å². The maximum atomic E-state index is 11.3. The number of nitrogens with zero attached hydrogens (tertiary/aromatic N) is 1. The van der Waals surface area contributed by atoms with Crippen LogP contribution in [-0.4, -0.2) is 24.0 Å². The van der Waals surface area contributed by atoms with E-state index in [1.807, 2.05) is 6.07 Å². The first-order valence-electron chi connectivity index (χ1n) is 4.80. The summed E-state index contributed by atoms with van der Waals surface area (Å²) in [6, 6.07) is 8.82. The molecule has 0 saturated heterocycles. The second-order valence-electron chi connectivity index (χ2n) is 2.94. The zero-order chi connectivity index (χ0) is 12.0. The predicted octanol–water partition coefficient (Wildman–Crippen LogP) is 0.932. The molecule has 3 N–H and O–H groups in total. The molecule has 1 aromatic rings. The van der Waals surface area contributed by atoms with E-state index in [2.05, 4.69) is 5.10 Å². The lowest BCUT2D eigenvalue weighted by molar-refractivity contribution is -0.134. The molecule has 0 aromatic heterocycles. The number of ether oxygens (including phenoxy) is 1. The molecule has 5 nitrogen and oxygen atoms in total. The summed E-state index contributed by atoms with van der Waals surface area (Å²) in [7, 11) is 0. The molecular formula is C11H13N3O2. The fourth-order valence-electron chi connectivity index (χ4n) is 1.18. The summed E-state index contributed by atoms with van der Waals surface area (Å²) in [5.41, 5.74) is 0.401. The zero-order valence-electron chi connectivity index (χ0n) is 8.93. The van der Waals surface area contributed by atoms with Gasteiger partial charge in [-0.3, -0.25) is 5.41 Å². The van der Waals surface area contributed by atoms with Gasteiger partial charge in [0.2, 0.25) is 0 Å². The molecular weight excluding hydrogens is 206 g/mol. The highest BCUT2D eigenvalue weighted by molar-refractivity contribution is 6.68. The molecule has 0 aliphatic rings. The van der Waals surface area contributed by atoms with E-state index in [4.69, 9.17) is 16.0 Å². The Morgan fingerprint density at radius 3 is 2.56 bits per heavy atom. The average molecular weight is 219 g/mol. The van der Waals surface area contributed by atoms with Crippen molar-refractivity contribution in [2.45, 2.75) is 6.92 Å². The van der Waals surface area contributed by atoms with Crippen molar-refractivity contribution in [1.82, 2.24) is 0 Å². The SMILES string of the molecule is CCOC(=O)C(=N)/C(=N\N)c1ccccc1. The molecule has 16 heavy (non-hydrogen) atoms. The smallest absolute Gasteiger partial charge is 0.358 e. The van der Waals surface area contributed by atoms with E-state index < -0.39 is 5.97 Å². The van der Waals surface area contributed by atoms with Gasteiger partial charge < -0.3 is 10.6 Å². The summed E-state index contributed by atoms with van der Waals surface area (Å²) in [5.74, 6) is 4.45. The molecule has 0 atom stereocenters. The van der Waals surface area contributed by atoms with Crippen LogP contribution in [0.25, 0.3) is 0 Å². The van der Waals surface area contributed by atoms with Crippen LogP contribution in [0.5, 0.6) is 0 Å². The first kappa shape index (κ1) is 11.9. The molecule has 0 unspecified atom stereocenters. The fraction of sp³-hybridized carbons (Fsp3) is 0.182. The minimum Gasteiger partial charge on any atom is -0.461 e. The Balaban J connectivity index is 2.93. The summed E-state index contributed by atoms with van der Waals surface area (Å²) >= 11 is 0. The monoisotopic (exact) mass is 219 g/mol. The molecule has 0 aliphatic heterocycles. The van der Waals surface area contributed by atoms with Crippen LogP contribution in [0, 0.1) is 5.41 Å². The van der Waals surface area contributed by atoms with Gasteiger partial charge >= 0.3 is 5.97 Å². The molecule has 1 aromatic carbocycles. The summed E-state index contributed by atoms with van der Waals surface area (Å²) in [5, 5.41) is 11.1. The van der Waals surface area contributed by atoms with Crippen LogP contribution in [0.3, 0.4) is 0 Å². The van der Waals surface area contributed by atoms with Crippen molar-refractivity contribution in [3.05, 3.63) is 35.9 Å². The van der Waals surface area contributed by atoms with E-state index in [0.717, 1.165) is 0 Å². The Kier molecular flexibility index (Phi) is 4.20. The van der Waals surface area contributed by atoms with Crippen LogP contribution >= 0.6 is 0 Å². The van der Waals surface area contributed by atoms with E-state index in [1.165, 1.54) is 0 Å². The lowest BCUT2D eigenvalue weighted by Gasteiger charge is -2.06. The predicted molar refractivity (Wildman–Crippen MR) is 61.5 cm³/mol. The summed E-state index contributed by atoms with van der Waals surface area (Å²) in [4.78, 5) is 11.3. The first-order valence-corrected chi connectivity index (χ1v) is 4.80. The number of nitrogens with two attached hydrogens (primary N) is 1. The largest absolute Gasteiger partial charge is 0.461 e. The number of benzene rings is 1. The van der Waals surface area contributed by atoms with Crippen LogP contribution in [-0.2, 0) is 9.53 Å². The second kappa shape index (κ2) is 5.65.